The molecule has 3 N–H and O–H groups in total. The summed E-state index contributed by atoms with van der Waals surface area (Å²) in [5, 5.41) is 8.64. The van der Waals surface area contributed by atoms with Crippen LogP contribution in [0, 0.1) is 0 Å². The minimum Gasteiger partial charge on any atom is -0.350 e. The average molecular weight is 303 g/mol. The number of amides is 3. The average Bonchev–Trinajstić information content (AvgIpc) is 2.47. The molecular formula is C17H25N3O2. The van der Waals surface area contributed by atoms with Gasteiger partial charge in [0, 0.05) is 23.3 Å². The highest BCUT2D eigenvalue weighted by Crippen LogP contribution is 2.17. The van der Waals surface area contributed by atoms with E-state index in [0.717, 1.165) is 12.8 Å². The van der Waals surface area contributed by atoms with Gasteiger partial charge in [0.05, 0.1) is 0 Å². The van der Waals surface area contributed by atoms with Gasteiger partial charge < -0.3 is 16.0 Å². The van der Waals surface area contributed by atoms with E-state index in [2.05, 4.69) is 16.0 Å². The first kappa shape index (κ1) is 16.3. The molecule has 0 aromatic heterocycles. The molecule has 1 fully saturated rings. The van der Waals surface area contributed by atoms with Gasteiger partial charge in [-0.25, -0.2) is 4.79 Å². The second-order valence-electron chi connectivity index (χ2n) is 6.14. The maximum atomic E-state index is 12.0. The van der Waals surface area contributed by atoms with Crippen LogP contribution in [0.2, 0.25) is 0 Å². The number of nitrogens with one attached hydrogen (secondary N) is 3. The molecule has 5 heteroatoms. The Balaban J connectivity index is 1.91. The second kappa shape index (κ2) is 7.82. The lowest BCUT2D eigenvalue weighted by Crippen LogP contribution is -2.39. The summed E-state index contributed by atoms with van der Waals surface area (Å²) in [5.74, 6) is -0.133. The van der Waals surface area contributed by atoms with Gasteiger partial charge in [0.2, 0.25) is 0 Å². The molecule has 22 heavy (non-hydrogen) atoms. The van der Waals surface area contributed by atoms with Gasteiger partial charge in [0.15, 0.2) is 0 Å². The molecule has 1 saturated carbocycles. The largest absolute Gasteiger partial charge is 0.350 e. The SMILES string of the molecule is CC(C)NC(=O)c1cccc(NC(=O)NC2CCCCC2)c1. The number of carbonyl (C=O) groups excluding carboxylic acids is 2. The lowest BCUT2D eigenvalue weighted by molar-refractivity contribution is 0.0943. The minimum atomic E-state index is -0.201. The van der Waals surface area contributed by atoms with Gasteiger partial charge >= 0.3 is 6.03 Å². The first-order chi connectivity index (χ1) is 10.5. The Kier molecular flexibility index (Phi) is 5.81. The van der Waals surface area contributed by atoms with E-state index >= 15 is 0 Å². The zero-order valence-electron chi connectivity index (χ0n) is 13.3. The summed E-state index contributed by atoms with van der Waals surface area (Å²) in [5.41, 5.74) is 1.17. The van der Waals surface area contributed by atoms with E-state index in [-0.39, 0.29) is 24.0 Å². The molecule has 0 unspecified atom stereocenters. The minimum absolute atomic E-state index is 0.0821. The second-order valence-corrected chi connectivity index (χ2v) is 6.14. The fourth-order valence-corrected chi connectivity index (χ4v) is 2.68. The van der Waals surface area contributed by atoms with Crippen molar-refractivity contribution in [1.82, 2.24) is 10.6 Å². The van der Waals surface area contributed by atoms with Crippen molar-refractivity contribution in [3.05, 3.63) is 29.8 Å². The summed E-state index contributed by atoms with van der Waals surface area (Å²) < 4.78 is 0. The van der Waals surface area contributed by atoms with Crippen LogP contribution in [0.1, 0.15) is 56.3 Å². The van der Waals surface area contributed by atoms with Crippen LogP contribution in [0.25, 0.3) is 0 Å². The number of anilines is 1. The molecule has 0 spiro atoms. The molecular weight excluding hydrogens is 278 g/mol. The normalized spacial score (nSPS) is 15.4. The van der Waals surface area contributed by atoms with Crippen LogP contribution in [0.3, 0.4) is 0 Å². The summed E-state index contributed by atoms with van der Waals surface area (Å²) in [6.45, 7) is 3.83. The summed E-state index contributed by atoms with van der Waals surface area (Å²) in [7, 11) is 0. The molecule has 0 saturated heterocycles. The Labute approximate surface area is 131 Å². The fraction of sp³-hybridized carbons (Fsp3) is 0.529. The first-order valence-corrected chi connectivity index (χ1v) is 8.03. The Bertz CT molecular complexity index is 522. The lowest BCUT2D eigenvalue weighted by atomic mass is 9.96. The van der Waals surface area contributed by atoms with E-state index in [1.54, 1.807) is 24.3 Å². The number of carbonyl (C=O) groups is 2. The maximum Gasteiger partial charge on any atom is 0.319 e. The van der Waals surface area contributed by atoms with Crippen molar-refractivity contribution in [3.63, 3.8) is 0 Å². The summed E-state index contributed by atoms with van der Waals surface area (Å²) in [4.78, 5) is 24.0. The van der Waals surface area contributed by atoms with Crippen LogP contribution in [0.4, 0.5) is 10.5 Å². The Hall–Kier alpha value is -2.04. The van der Waals surface area contributed by atoms with Crippen LogP contribution in [0.15, 0.2) is 24.3 Å². The summed E-state index contributed by atoms with van der Waals surface area (Å²) in [6.07, 6.45) is 5.70. The third kappa shape index (κ3) is 5.06. The van der Waals surface area contributed by atoms with E-state index in [4.69, 9.17) is 0 Å². The molecule has 1 aromatic rings. The van der Waals surface area contributed by atoms with Crippen molar-refractivity contribution < 1.29 is 9.59 Å². The molecule has 0 bridgehead atoms. The molecule has 0 heterocycles. The standard InChI is InChI=1S/C17H25N3O2/c1-12(2)18-16(21)13-7-6-10-15(11-13)20-17(22)19-14-8-4-3-5-9-14/h6-7,10-12,14H,3-5,8-9H2,1-2H3,(H,18,21)(H2,19,20,22). The zero-order chi connectivity index (χ0) is 15.9. The van der Waals surface area contributed by atoms with Crippen molar-refractivity contribution in [2.45, 2.75) is 58.0 Å². The molecule has 0 radical (unpaired) electrons. The van der Waals surface area contributed by atoms with Gasteiger partial charge in [0.1, 0.15) is 0 Å². The monoisotopic (exact) mass is 303 g/mol. The topological polar surface area (TPSA) is 70.2 Å². The van der Waals surface area contributed by atoms with Crippen molar-refractivity contribution in [2.75, 3.05) is 5.32 Å². The van der Waals surface area contributed by atoms with Gasteiger partial charge in [0.25, 0.3) is 5.91 Å². The predicted molar refractivity (Wildman–Crippen MR) is 88.1 cm³/mol. The lowest BCUT2D eigenvalue weighted by Gasteiger charge is -2.22. The van der Waals surface area contributed by atoms with E-state index in [9.17, 15) is 9.59 Å². The van der Waals surface area contributed by atoms with E-state index in [1.807, 2.05) is 13.8 Å². The third-order valence-corrected chi connectivity index (χ3v) is 3.74. The van der Waals surface area contributed by atoms with Gasteiger partial charge in [-0.1, -0.05) is 25.3 Å². The van der Waals surface area contributed by atoms with E-state index in [1.165, 1.54) is 19.3 Å². The molecule has 5 nitrogen and oxygen atoms in total. The molecule has 0 aliphatic heterocycles. The van der Waals surface area contributed by atoms with Crippen LogP contribution in [-0.2, 0) is 0 Å². The maximum absolute atomic E-state index is 12.0. The number of urea groups is 1. The van der Waals surface area contributed by atoms with Crippen molar-refractivity contribution in [3.8, 4) is 0 Å². The quantitative estimate of drug-likeness (QED) is 0.799. The molecule has 2 rings (SSSR count). The smallest absolute Gasteiger partial charge is 0.319 e. The van der Waals surface area contributed by atoms with Crippen LogP contribution in [0.5, 0.6) is 0 Å². The number of benzene rings is 1. The first-order valence-electron chi connectivity index (χ1n) is 8.03. The van der Waals surface area contributed by atoms with E-state index in [0.29, 0.717) is 11.3 Å². The van der Waals surface area contributed by atoms with Crippen LogP contribution >= 0.6 is 0 Å². The van der Waals surface area contributed by atoms with E-state index < -0.39 is 0 Å². The summed E-state index contributed by atoms with van der Waals surface area (Å²) in [6, 6.07) is 7.13. The molecule has 120 valence electrons. The molecule has 1 aromatic carbocycles. The Morgan fingerprint density at radius 3 is 2.55 bits per heavy atom. The molecule has 1 aliphatic rings. The third-order valence-electron chi connectivity index (χ3n) is 3.74. The molecule has 0 atom stereocenters. The van der Waals surface area contributed by atoms with Gasteiger partial charge in [-0.2, -0.15) is 0 Å². The van der Waals surface area contributed by atoms with Crippen molar-refractivity contribution in [2.24, 2.45) is 0 Å². The van der Waals surface area contributed by atoms with Crippen molar-refractivity contribution in [1.29, 1.82) is 0 Å². The summed E-state index contributed by atoms with van der Waals surface area (Å²) >= 11 is 0. The zero-order valence-corrected chi connectivity index (χ0v) is 13.3. The van der Waals surface area contributed by atoms with Gasteiger partial charge in [-0.05, 0) is 44.9 Å². The fourth-order valence-electron chi connectivity index (χ4n) is 2.68. The number of hydrogen-bond donors (Lipinski definition) is 3. The highest BCUT2D eigenvalue weighted by molar-refractivity contribution is 5.97. The van der Waals surface area contributed by atoms with Gasteiger partial charge in [-0.15, -0.1) is 0 Å². The highest BCUT2D eigenvalue weighted by Gasteiger charge is 2.16. The predicted octanol–water partition coefficient (Wildman–Crippen LogP) is 3.28. The number of hydrogen-bond acceptors (Lipinski definition) is 2. The van der Waals surface area contributed by atoms with Gasteiger partial charge in [-0.3, -0.25) is 4.79 Å². The van der Waals surface area contributed by atoms with Crippen LogP contribution in [-0.4, -0.2) is 24.0 Å². The van der Waals surface area contributed by atoms with Crippen LogP contribution < -0.4 is 16.0 Å². The van der Waals surface area contributed by atoms with Crippen molar-refractivity contribution >= 4 is 17.6 Å². The molecule has 3 amide bonds. The molecule has 1 aliphatic carbocycles. The number of rotatable bonds is 4. The Morgan fingerprint density at radius 1 is 1.14 bits per heavy atom. The Morgan fingerprint density at radius 2 is 1.86 bits per heavy atom. The highest BCUT2D eigenvalue weighted by atomic mass is 16.2.